The van der Waals surface area contributed by atoms with Crippen LogP contribution < -0.4 is 4.90 Å². The van der Waals surface area contributed by atoms with E-state index in [-0.39, 0.29) is 10.8 Å². The Morgan fingerprint density at radius 1 is 0.500 bits per heavy atom. The van der Waals surface area contributed by atoms with Gasteiger partial charge in [-0.25, -0.2) is 0 Å². The Balaban J connectivity index is 1.15. The number of allylic oxidation sites excluding steroid dienone is 4. The number of anilines is 2. The molecule has 3 aliphatic carbocycles. The second-order valence-corrected chi connectivity index (χ2v) is 16.5. The van der Waals surface area contributed by atoms with Crippen molar-refractivity contribution in [3.05, 3.63) is 186 Å². The van der Waals surface area contributed by atoms with Gasteiger partial charge in [0.1, 0.15) is 0 Å². The lowest BCUT2D eigenvalue weighted by atomic mass is 9.73. The first-order valence-corrected chi connectivity index (χ1v) is 19.3. The summed E-state index contributed by atoms with van der Waals surface area (Å²) in [6, 6.07) is 47.8. The van der Waals surface area contributed by atoms with Crippen molar-refractivity contribution >= 4 is 27.7 Å². The molecule has 1 heterocycles. The predicted octanol–water partition coefficient (Wildman–Crippen LogP) is 14.0. The van der Waals surface area contributed by atoms with Gasteiger partial charge >= 0.3 is 0 Å². The zero-order valence-corrected chi connectivity index (χ0v) is 31.3. The fourth-order valence-electron chi connectivity index (χ4n) is 10.6. The quantitative estimate of drug-likeness (QED) is 0.174. The minimum absolute atomic E-state index is 0.212. The highest BCUT2D eigenvalue weighted by Crippen LogP contribution is 2.64. The van der Waals surface area contributed by atoms with Crippen LogP contribution in [0.2, 0.25) is 0 Å². The second-order valence-electron chi connectivity index (χ2n) is 16.5. The summed E-state index contributed by atoms with van der Waals surface area (Å²) >= 11 is 0. The number of fused-ring (bicyclic) bond motifs is 13. The Hall–Kier alpha value is -6.18. The van der Waals surface area contributed by atoms with E-state index in [1.807, 2.05) is 0 Å². The number of hydrogen-bond donors (Lipinski definition) is 0. The largest absolute Gasteiger partial charge is 0.337 e. The van der Waals surface area contributed by atoms with Gasteiger partial charge in [0, 0.05) is 28.6 Å². The molecule has 0 atom stereocenters. The van der Waals surface area contributed by atoms with Crippen molar-refractivity contribution in [3.63, 3.8) is 0 Å². The van der Waals surface area contributed by atoms with E-state index in [4.69, 9.17) is 6.58 Å². The number of nitrogens with zero attached hydrogens (tertiary/aromatic N) is 1. The van der Waals surface area contributed by atoms with E-state index >= 15 is 0 Å². The van der Waals surface area contributed by atoms with Crippen LogP contribution in [0.15, 0.2) is 158 Å². The predicted molar refractivity (Wildman–Crippen MR) is 230 cm³/mol. The Bertz CT molecular complexity index is 2830. The van der Waals surface area contributed by atoms with E-state index in [1.54, 1.807) is 0 Å². The molecule has 11 rings (SSSR count). The van der Waals surface area contributed by atoms with Gasteiger partial charge in [0.25, 0.3) is 0 Å². The summed E-state index contributed by atoms with van der Waals surface area (Å²) in [5.41, 5.74) is 23.2. The maximum absolute atomic E-state index is 4.82. The minimum Gasteiger partial charge on any atom is -0.337 e. The van der Waals surface area contributed by atoms with Crippen molar-refractivity contribution < 1.29 is 0 Å². The van der Waals surface area contributed by atoms with Gasteiger partial charge in [-0.1, -0.05) is 174 Å². The van der Waals surface area contributed by atoms with E-state index in [2.05, 4.69) is 184 Å². The van der Waals surface area contributed by atoms with Crippen molar-refractivity contribution in [3.8, 4) is 55.6 Å². The molecule has 0 bridgehead atoms. The molecule has 258 valence electrons. The van der Waals surface area contributed by atoms with Crippen LogP contribution in [0.25, 0.3) is 72.0 Å². The van der Waals surface area contributed by atoms with E-state index in [0.717, 1.165) is 12.1 Å². The average Bonchev–Trinajstić information content (AvgIpc) is 3.76. The third-order valence-corrected chi connectivity index (χ3v) is 12.9. The molecular weight excluding hydrogens is 651 g/mol. The Labute approximate surface area is 318 Å². The zero-order valence-electron chi connectivity index (χ0n) is 31.3. The third kappa shape index (κ3) is 3.99. The standard InChI is InChI=1S/C53H41N/c1-32-16-7-6-14-31-54(34-27-25-33(26-28-34)35-29-30-40-37-18-9-8-17-36(37)39-22-15-21-38(35)46(39)40)51-45(32)49-47(41-19-10-12-23-43(41)52(49,2)3)48-42-20-11-13-24-44(42)53(4,5)50(48)51/h6-30H,1,31H2,2-5H3/b14-6-,16-7-. The molecule has 0 unspecified atom stereocenters. The fourth-order valence-corrected chi connectivity index (χ4v) is 10.6. The molecule has 0 aromatic heterocycles. The lowest BCUT2D eigenvalue weighted by Crippen LogP contribution is -2.27. The van der Waals surface area contributed by atoms with Crippen molar-refractivity contribution in [2.75, 3.05) is 11.4 Å². The molecule has 0 N–H and O–H groups in total. The Morgan fingerprint density at radius 2 is 1.06 bits per heavy atom. The second kappa shape index (κ2) is 10.9. The van der Waals surface area contributed by atoms with E-state index < -0.39 is 0 Å². The van der Waals surface area contributed by atoms with Gasteiger partial charge in [-0.05, 0) is 106 Å². The zero-order chi connectivity index (χ0) is 36.5. The topological polar surface area (TPSA) is 3.24 Å². The number of rotatable bonds is 2. The summed E-state index contributed by atoms with van der Waals surface area (Å²) < 4.78 is 0. The van der Waals surface area contributed by atoms with Gasteiger partial charge in [-0.15, -0.1) is 0 Å². The fraction of sp³-hybridized carbons (Fsp3) is 0.132. The van der Waals surface area contributed by atoms with Gasteiger partial charge in [0.2, 0.25) is 0 Å². The normalized spacial score (nSPS) is 17.4. The lowest BCUT2D eigenvalue weighted by molar-refractivity contribution is 0.648. The summed E-state index contributed by atoms with van der Waals surface area (Å²) in [7, 11) is 0. The van der Waals surface area contributed by atoms with Crippen LogP contribution in [-0.4, -0.2) is 6.54 Å². The van der Waals surface area contributed by atoms with Gasteiger partial charge in [0.05, 0.1) is 5.69 Å². The molecule has 0 amide bonds. The molecule has 0 spiro atoms. The maximum Gasteiger partial charge on any atom is 0.0544 e. The molecule has 54 heavy (non-hydrogen) atoms. The van der Waals surface area contributed by atoms with E-state index in [0.29, 0.717) is 0 Å². The molecular formula is C53H41N. The van der Waals surface area contributed by atoms with Crippen LogP contribution in [0.1, 0.15) is 55.5 Å². The lowest BCUT2D eigenvalue weighted by Gasteiger charge is -2.37. The Morgan fingerprint density at radius 3 is 1.74 bits per heavy atom. The molecule has 7 aromatic rings. The van der Waals surface area contributed by atoms with Crippen LogP contribution in [0.3, 0.4) is 0 Å². The summed E-state index contributed by atoms with van der Waals surface area (Å²) in [4.78, 5) is 2.57. The van der Waals surface area contributed by atoms with Gasteiger partial charge in [0.15, 0.2) is 0 Å². The molecule has 1 aliphatic heterocycles. The van der Waals surface area contributed by atoms with Gasteiger partial charge in [-0.2, -0.15) is 0 Å². The number of benzene rings is 7. The smallest absolute Gasteiger partial charge is 0.0544 e. The van der Waals surface area contributed by atoms with Gasteiger partial charge in [-0.3, -0.25) is 0 Å². The Kier molecular flexibility index (Phi) is 6.35. The van der Waals surface area contributed by atoms with Gasteiger partial charge < -0.3 is 4.90 Å². The van der Waals surface area contributed by atoms with E-state index in [9.17, 15) is 0 Å². The molecule has 0 saturated carbocycles. The molecule has 4 aliphatic rings. The highest BCUT2D eigenvalue weighted by atomic mass is 15.1. The third-order valence-electron chi connectivity index (χ3n) is 12.9. The van der Waals surface area contributed by atoms with Crippen molar-refractivity contribution in [1.82, 2.24) is 0 Å². The molecule has 0 radical (unpaired) electrons. The number of hydrogen-bond acceptors (Lipinski definition) is 1. The first-order valence-electron chi connectivity index (χ1n) is 19.3. The van der Waals surface area contributed by atoms with Crippen LogP contribution in [-0.2, 0) is 10.8 Å². The molecule has 1 heteroatoms. The molecule has 1 nitrogen and oxygen atoms in total. The van der Waals surface area contributed by atoms with Crippen LogP contribution in [0.4, 0.5) is 11.4 Å². The van der Waals surface area contributed by atoms with Crippen molar-refractivity contribution in [1.29, 1.82) is 0 Å². The minimum atomic E-state index is -0.227. The molecule has 0 fully saturated rings. The van der Waals surface area contributed by atoms with Crippen LogP contribution in [0, 0.1) is 0 Å². The average molecular weight is 692 g/mol. The SMILES string of the molecule is C=C1/C=C\C=C/CN(c2ccc(-c3ccc4c5c(cccc35)-c3ccccc3-4)cc2)c2c1c1c(c3c2C(C)(C)c2ccccc2-3)-c2ccccc2C1(C)C. The summed E-state index contributed by atoms with van der Waals surface area (Å²) in [6.07, 6.45) is 8.86. The highest BCUT2D eigenvalue weighted by Gasteiger charge is 2.48. The molecule has 7 aromatic carbocycles. The van der Waals surface area contributed by atoms with Crippen LogP contribution in [0.5, 0.6) is 0 Å². The van der Waals surface area contributed by atoms with Crippen molar-refractivity contribution in [2.45, 2.75) is 38.5 Å². The summed E-state index contributed by atoms with van der Waals surface area (Å²) in [5.74, 6) is 0. The van der Waals surface area contributed by atoms with Crippen molar-refractivity contribution in [2.24, 2.45) is 0 Å². The summed E-state index contributed by atoms with van der Waals surface area (Å²) in [6.45, 7) is 15.2. The first-order chi connectivity index (χ1) is 26.3. The monoisotopic (exact) mass is 691 g/mol. The van der Waals surface area contributed by atoms with Crippen LogP contribution >= 0.6 is 0 Å². The molecule has 0 saturated heterocycles. The maximum atomic E-state index is 4.82. The first kappa shape index (κ1) is 31.4. The summed E-state index contributed by atoms with van der Waals surface area (Å²) in [5, 5.41) is 2.67. The van der Waals surface area contributed by atoms with E-state index in [1.165, 1.54) is 106 Å². The highest BCUT2D eigenvalue weighted by molar-refractivity contribution is 6.18.